The third-order valence-electron chi connectivity index (χ3n) is 13.2. The maximum atomic E-state index is 15.0. The molecule has 0 aromatic heterocycles. The van der Waals surface area contributed by atoms with Crippen LogP contribution >= 0.6 is 0 Å². The van der Waals surface area contributed by atoms with Crippen LogP contribution in [0.15, 0.2) is 102 Å². The van der Waals surface area contributed by atoms with Crippen LogP contribution in [0, 0.1) is 16.7 Å². The van der Waals surface area contributed by atoms with E-state index in [1.54, 1.807) is 92.7 Å². The van der Waals surface area contributed by atoms with Crippen molar-refractivity contribution in [3.05, 3.63) is 119 Å². The van der Waals surface area contributed by atoms with Crippen LogP contribution in [0.2, 0.25) is 0 Å². The average Bonchev–Trinajstić information content (AvgIpc) is 3.21. The van der Waals surface area contributed by atoms with Gasteiger partial charge in [0.15, 0.2) is 17.5 Å². The molecule has 1 unspecified atom stereocenters. The number of hydrogen-bond donors (Lipinski definition) is 5. The maximum Gasteiger partial charge on any atom is 0.338 e. The molecule has 312 valence electrons. The Bertz CT molecular complexity index is 2160. The van der Waals surface area contributed by atoms with E-state index >= 15 is 0 Å². The first-order chi connectivity index (χ1) is 27.9. The van der Waals surface area contributed by atoms with Gasteiger partial charge in [0.25, 0.3) is 5.91 Å². The second kappa shape index (κ2) is 15.4. The second-order valence-electron chi connectivity index (χ2n) is 16.8. The van der Waals surface area contributed by atoms with Gasteiger partial charge >= 0.3 is 17.9 Å². The number of carbonyl (C=O) groups excluding carboxylic acids is 5. The van der Waals surface area contributed by atoms with E-state index in [0.717, 1.165) is 6.92 Å². The summed E-state index contributed by atoms with van der Waals surface area (Å²) in [5.74, 6) is -5.89. The standard InChI is InChI=1S/C45H49NO13/c1-24-29(57-41(54)35(50)33(26-15-9-6-10-16-26)46-39(52)27-17-11-7-12-18-27)22-45(55)38(58-40(53)28-19-13-8-14-20-28)36-43(5,37(51)34(49)32(24)42(45,3)4)30(48)21-31-44(36,23-56-31)59-25(2)47/h6-20,29-31,33-36,38,48-50,55H,21-23H2,1-5H3,(H,46,52)/t29?,30-,31-,33-,34+,35-,36+,38+,43-,44-,45-/m1/s1. The molecular formula is C45H49NO13. The molecule has 0 radical (unpaired) electrons. The molecule has 3 aromatic carbocycles. The lowest BCUT2D eigenvalue weighted by molar-refractivity contribution is -0.346. The summed E-state index contributed by atoms with van der Waals surface area (Å²) in [7, 11) is 0. The zero-order valence-corrected chi connectivity index (χ0v) is 33.4. The smallest absolute Gasteiger partial charge is 0.338 e. The van der Waals surface area contributed by atoms with Crippen molar-refractivity contribution >= 4 is 29.6 Å². The van der Waals surface area contributed by atoms with Crippen molar-refractivity contribution < 1.29 is 63.3 Å². The maximum absolute atomic E-state index is 15.0. The SMILES string of the molecule is CC(=O)O[C@]12CO[C@@H]1C[C@@H](O)[C@@]1(C)C(=O)[C@@H](O)C3=C(C)C(OC(=O)[C@H](O)[C@H](NC(=O)c4ccccc4)c4ccccc4)C[C@@](O)([C@@H](OC(=O)c4ccccc4)[C@H]21)C3(C)C. The normalized spacial score (nSPS) is 33.0. The number of amides is 1. The van der Waals surface area contributed by atoms with Crippen molar-refractivity contribution in [1.29, 1.82) is 0 Å². The summed E-state index contributed by atoms with van der Waals surface area (Å²) in [6.07, 6.45) is -10.5. The minimum absolute atomic E-state index is 0.0540. The van der Waals surface area contributed by atoms with E-state index in [4.69, 9.17) is 18.9 Å². The van der Waals surface area contributed by atoms with Gasteiger partial charge in [-0.1, -0.05) is 80.6 Å². The van der Waals surface area contributed by atoms with E-state index < -0.39 is 107 Å². The van der Waals surface area contributed by atoms with Gasteiger partial charge in [0.1, 0.15) is 30.0 Å². The van der Waals surface area contributed by atoms with E-state index in [1.165, 1.54) is 26.0 Å². The van der Waals surface area contributed by atoms with Crippen LogP contribution in [0.4, 0.5) is 0 Å². The summed E-state index contributed by atoms with van der Waals surface area (Å²) in [5, 5.41) is 51.9. The first-order valence-electron chi connectivity index (χ1n) is 19.6. The molecule has 2 bridgehead atoms. The fraction of sp³-hybridized carbons (Fsp3) is 0.444. The Morgan fingerprint density at radius 2 is 1.44 bits per heavy atom. The van der Waals surface area contributed by atoms with Crippen LogP contribution in [0.5, 0.6) is 0 Å². The molecule has 14 nitrogen and oxygen atoms in total. The molecule has 1 aliphatic heterocycles. The lowest BCUT2D eigenvalue weighted by Crippen LogP contribution is -2.81. The number of carbonyl (C=O) groups is 5. The van der Waals surface area contributed by atoms with Crippen LogP contribution in [0.25, 0.3) is 0 Å². The van der Waals surface area contributed by atoms with Crippen molar-refractivity contribution in [2.75, 3.05) is 6.61 Å². The van der Waals surface area contributed by atoms with Crippen molar-refractivity contribution in [1.82, 2.24) is 5.32 Å². The Kier molecular flexibility index (Phi) is 10.9. The molecule has 3 aliphatic carbocycles. The topological polar surface area (TPSA) is 215 Å². The Morgan fingerprint density at radius 3 is 2.00 bits per heavy atom. The number of ether oxygens (including phenoxy) is 4. The average molecular weight is 812 g/mol. The molecule has 2 saturated carbocycles. The number of hydrogen-bond acceptors (Lipinski definition) is 13. The van der Waals surface area contributed by atoms with Crippen molar-refractivity contribution in [2.24, 2.45) is 16.7 Å². The van der Waals surface area contributed by atoms with Crippen molar-refractivity contribution in [3.63, 3.8) is 0 Å². The summed E-state index contributed by atoms with van der Waals surface area (Å²) in [6, 6.07) is 23.1. The van der Waals surface area contributed by atoms with Gasteiger partial charge in [0.2, 0.25) is 0 Å². The molecule has 5 N–H and O–H groups in total. The third kappa shape index (κ3) is 6.76. The molecule has 1 amide bonds. The first kappa shape index (κ1) is 41.9. The largest absolute Gasteiger partial charge is 0.456 e. The molecule has 3 aromatic rings. The number of rotatable bonds is 9. The molecule has 1 heterocycles. The quantitative estimate of drug-likeness (QED) is 0.120. The molecule has 14 heteroatoms. The molecule has 3 fully saturated rings. The highest BCUT2D eigenvalue weighted by atomic mass is 16.6. The highest BCUT2D eigenvalue weighted by molar-refractivity contribution is 5.95. The van der Waals surface area contributed by atoms with Crippen LogP contribution in [-0.2, 0) is 33.3 Å². The lowest BCUT2D eigenvalue weighted by atomic mass is 9.44. The summed E-state index contributed by atoms with van der Waals surface area (Å²) in [4.78, 5) is 69.5. The lowest BCUT2D eigenvalue weighted by Gasteiger charge is -2.67. The molecule has 59 heavy (non-hydrogen) atoms. The zero-order valence-electron chi connectivity index (χ0n) is 33.4. The molecule has 11 atom stereocenters. The fourth-order valence-electron chi connectivity index (χ4n) is 9.94. The predicted octanol–water partition coefficient (Wildman–Crippen LogP) is 3.16. The van der Waals surface area contributed by atoms with E-state index in [1.807, 2.05) is 0 Å². The first-order valence-corrected chi connectivity index (χ1v) is 19.6. The van der Waals surface area contributed by atoms with Crippen LogP contribution in [0.1, 0.15) is 79.8 Å². The summed E-state index contributed by atoms with van der Waals surface area (Å²) < 4.78 is 24.2. The van der Waals surface area contributed by atoms with Gasteiger partial charge < -0.3 is 44.7 Å². The number of fused-ring (bicyclic) bond motifs is 5. The zero-order chi connectivity index (χ0) is 42.7. The third-order valence-corrected chi connectivity index (χ3v) is 13.2. The van der Waals surface area contributed by atoms with E-state index in [9.17, 15) is 44.4 Å². The molecule has 0 spiro atoms. The Hall–Kier alpha value is -5.25. The summed E-state index contributed by atoms with van der Waals surface area (Å²) in [5.41, 5.74) is -6.86. The number of Topliss-reactive ketones (excluding diaryl/α,β-unsaturated/α-hetero) is 1. The number of aliphatic hydroxyl groups is 4. The minimum Gasteiger partial charge on any atom is -0.456 e. The molecular weight excluding hydrogens is 762 g/mol. The Morgan fingerprint density at radius 1 is 0.864 bits per heavy atom. The monoisotopic (exact) mass is 811 g/mol. The Balaban J connectivity index is 1.34. The van der Waals surface area contributed by atoms with Crippen LogP contribution < -0.4 is 5.32 Å². The van der Waals surface area contributed by atoms with Crippen molar-refractivity contribution in [3.8, 4) is 0 Å². The van der Waals surface area contributed by atoms with Gasteiger partial charge in [-0.05, 0) is 54.8 Å². The van der Waals surface area contributed by atoms with Gasteiger partial charge in [-0.25, -0.2) is 9.59 Å². The predicted molar refractivity (Wildman–Crippen MR) is 208 cm³/mol. The van der Waals surface area contributed by atoms with Gasteiger partial charge in [0, 0.05) is 30.7 Å². The highest BCUT2D eigenvalue weighted by Gasteiger charge is 2.78. The number of ketones is 1. The molecule has 1 saturated heterocycles. The second-order valence-corrected chi connectivity index (χ2v) is 16.8. The molecule has 4 aliphatic rings. The van der Waals surface area contributed by atoms with Crippen molar-refractivity contribution in [2.45, 2.75) is 101 Å². The van der Waals surface area contributed by atoms with E-state index in [0.29, 0.717) is 5.56 Å². The fourth-order valence-corrected chi connectivity index (χ4v) is 9.94. The van der Waals surface area contributed by atoms with E-state index in [-0.39, 0.29) is 35.3 Å². The van der Waals surface area contributed by atoms with Crippen LogP contribution in [0.3, 0.4) is 0 Å². The number of esters is 3. The van der Waals surface area contributed by atoms with Crippen LogP contribution in [-0.4, -0.2) is 104 Å². The number of nitrogens with one attached hydrogen (secondary N) is 1. The van der Waals surface area contributed by atoms with Gasteiger partial charge in [-0.2, -0.15) is 0 Å². The number of benzene rings is 3. The van der Waals surface area contributed by atoms with Gasteiger partial charge in [-0.15, -0.1) is 0 Å². The minimum atomic E-state index is -2.35. The molecule has 7 rings (SSSR count). The highest BCUT2D eigenvalue weighted by Crippen LogP contribution is 2.64. The van der Waals surface area contributed by atoms with E-state index in [2.05, 4.69) is 5.32 Å². The summed E-state index contributed by atoms with van der Waals surface area (Å²) in [6.45, 7) is 6.89. The Labute approximate surface area is 341 Å². The van der Waals surface area contributed by atoms with Gasteiger partial charge in [0.05, 0.1) is 35.6 Å². The summed E-state index contributed by atoms with van der Waals surface area (Å²) >= 11 is 0. The number of aliphatic hydroxyl groups excluding tert-OH is 3. The van der Waals surface area contributed by atoms with Gasteiger partial charge in [-0.3, -0.25) is 14.4 Å².